The quantitative estimate of drug-likeness (QED) is 0.878. The summed E-state index contributed by atoms with van der Waals surface area (Å²) in [6.07, 6.45) is 3.52. The van der Waals surface area contributed by atoms with E-state index < -0.39 is 5.54 Å². The number of amides is 1. The number of nitrogens with zero attached hydrogens (tertiary/aromatic N) is 2. The van der Waals surface area contributed by atoms with E-state index in [4.69, 9.17) is 10.2 Å². The fourth-order valence-electron chi connectivity index (χ4n) is 2.67. The van der Waals surface area contributed by atoms with Gasteiger partial charge in [-0.15, -0.1) is 24.8 Å². The van der Waals surface area contributed by atoms with Gasteiger partial charge < -0.3 is 20.4 Å². The number of nitrogens with two attached hydrogens (primary N) is 1. The van der Waals surface area contributed by atoms with Crippen LogP contribution in [0.15, 0.2) is 22.6 Å². The van der Waals surface area contributed by atoms with E-state index in [0.717, 1.165) is 25.7 Å². The molecule has 1 aromatic carbocycles. The van der Waals surface area contributed by atoms with Gasteiger partial charge in [-0.2, -0.15) is 4.98 Å². The number of carbonyl (C=O) groups excluding carboxylic acids is 1. The third-order valence-corrected chi connectivity index (χ3v) is 3.96. The van der Waals surface area contributed by atoms with Crippen molar-refractivity contribution in [3.63, 3.8) is 0 Å². The molecule has 6 nitrogen and oxygen atoms in total. The van der Waals surface area contributed by atoms with Crippen molar-refractivity contribution in [1.29, 1.82) is 0 Å². The second-order valence-electron chi connectivity index (χ2n) is 5.89. The molecule has 3 N–H and O–H groups in total. The first-order valence-corrected chi connectivity index (χ1v) is 7.16. The third kappa shape index (κ3) is 3.88. The van der Waals surface area contributed by atoms with E-state index in [0.29, 0.717) is 22.8 Å². The number of rotatable bonds is 3. The monoisotopic (exact) mass is 360 g/mol. The SMILES string of the molecule is CN(C)c1nc2cc(NC(=O)C3(N)CCCC3)ccc2o1.Cl.Cl. The summed E-state index contributed by atoms with van der Waals surface area (Å²) in [6.45, 7) is 0. The van der Waals surface area contributed by atoms with Crippen LogP contribution in [-0.2, 0) is 4.79 Å². The van der Waals surface area contributed by atoms with Gasteiger partial charge in [-0.05, 0) is 31.0 Å². The fourth-order valence-corrected chi connectivity index (χ4v) is 2.67. The molecule has 1 saturated carbocycles. The van der Waals surface area contributed by atoms with Crippen LogP contribution in [0.3, 0.4) is 0 Å². The standard InChI is InChI=1S/C15H20N4O2.2ClH/c1-19(2)14-18-11-9-10(5-6-12(11)21-14)17-13(20)15(16)7-3-4-8-15;;/h5-6,9H,3-4,7-8,16H2,1-2H3,(H,17,20);2*1H. The minimum atomic E-state index is -0.729. The van der Waals surface area contributed by atoms with Crippen LogP contribution < -0.4 is 16.0 Å². The number of nitrogens with one attached hydrogen (secondary N) is 1. The number of halogens is 2. The van der Waals surface area contributed by atoms with Crippen molar-refractivity contribution < 1.29 is 9.21 Å². The van der Waals surface area contributed by atoms with Gasteiger partial charge in [0.15, 0.2) is 5.58 Å². The molecule has 1 aromatic heterocycles. The smallest absolute Gasteiger partial charge is 0.297 e. The molecular formula is C15H22Cl2N4O2. The molecular weight excluding hydrogens is 339 g/mol. The van der Waals surface area contributed by atoms with Gasteiger partial charge in [-0.1, -0.05) is 12.8 Å². The van der Waals surface area contributed by atoms with Crippen LogP contribution in [0.25, 0.3) is 11.1 Å². The Morgan fingerprint density at radius 1 is 1.30 bits per heavy atom. The highest BCUT2D eigenvalue weighted by atomic mass is 35.5. The first kappa shape index (κ1) is 19.5. The van der Waals surface area contributed by atoms with Crippen molar-refractivity contribution in [2.24, 2.45) is 5.73 Å². The predicted octanol–water partition coefficient (Wildman–Crippen LogP) is 2.95. The molecule has 1 amide bonds. The summed E-state index contributed by atoms with van der Waals surface area (Å²) in [5.74, 6) is -0.115. The molecule has 0 atom stereocenters. The van der Waals surface area contributed by atoms with Gasteiger partial charge in [0.1, 0.15) is 5.52 Å². The largest absolute Gasteiger partial charge is 0.423 e. The molecule has 0 radical (unpaired) electrons. The summed E-state index contributed by atoms with van der Waals surface area (Å²) in [5, 5.41) is 2.90. The molecule has 0 spiro atoms. The maximum Gasteiger partial charge on any atom is 0.297 e. The lowest BCUT2D eigenvalue weighted by Gasteiger charge is -2.22. The van der Waals surface area contributed by atoms with Crippen LogP contribution in [0.4, 0.5) is 11.7 Å². The Kier molecular flexibility index (Phi) is 6.27. The number of hydrogen-bond acceptors (Lipinski definition) is 5. The van der Waals surface area contributed by atoms with Gasteiger partial charge >= 0.3 is 0 Å². The topological polar surface area (TPSA) is 84.4 Å². The molecule has 2 aromatic rings. The molecule has 128 valence electrons. The summed E-state index contributed by atoms with van der Waals surface area (Å²) in [5.41, 5.74) is 7.53. The molecule has 1 aliphatic rings. The maximum absolute atomic E-state index is 12.3. The number of aromatic nitrogens is 1. The van der Waals surface area contributed by atoms with Crippen molar-refractivity contribution in [3.8, 4) is 0 Å². The third-order valence-electron chi connectivity index (χ3n) is 3.96. The summed E-state index contributed by atoms with van der Waals surface area (Å²) in [4.78, 5) is 18.5. The first-order chi connectivity index (χ1) is 9.98. The second-order valence-corrected chi connectivity index (χ2v) is 5.89. The van der Waals surface area contributed by atoms with Crippen LogP contribution in [-0.4, -0.2) is 30.5 Å². The van der Waals surface area contributed by atoms with E-state index >= 15 is 0 Å². The molecule has 0 aliphatic heterocycles. The number of carbonyl (C=O) groups is 1. The average Bonchev–Trinajstić information content (AvgIpc) is 3.05. The number of anilines is 2. The lowest BCUT2D eigenvalue weighted by atomic mass is 9.98. The number of benzene rings is 1. The number of oxazole rings is 1. The van der Waals surface area contributed by atoms with Crippen LogP contribution in [0.5, 0.6) is 0 Å². The van der Waals surface area contributed by atoms with Gasteiger partial charge in [0.25, 0.3) is 6.01 Å². The zero-order valence-corrected chi connectivity index (χ0v) is 14.8. The highest BCUT2D eigenvalue weighted by molar-refractivity contribution is 5.99. The Hall–Kier alpha value is -1.50. The first-order valence-electron chi connectivity index (χ1n) is 7.16. The Bertz CT molecular complexity index is 681. The lowest BCUT2D eigenvalue weighted by Crippen LogP contribution is -2.48. The Labute approximate surface area is 147 Å². The van der Waals surface area contributed by atoms with E-state index in [1.807, 2.05) is 32.3 Å². The van der Waals surface area contributed by atoms with Gasteiger partial charge in [-0.3, -0.25) is 4.79 Å². The van der Waals surface area contributed by atoms with E-state index in [9.17, 15) is 4.79 Å². The van der Waals surface area contributed by atoms with Crippen LogP contribution >= 0.6 is 24.8 Å². The molecule has 1 heterocycles. The molecule has 0 unspecified atom stereocenters. The van der Waals surface area contributed by atoms with Gasteiger partial charge in [-0.25, -0.2) is 0 Å². The minimum absolute atomic E-state index is 0. The lowest BCUT2D eigenvalue weighted by molar-refractivity contribution is -0.121. The minimum Gasteiger partial charge on any atom is -0.423 e. The van der Waals surface area contributed by atoms with E-state index in [-0.39, 0.29) is 30.7 Å². The molecule has 1 fully saturated rings. The zero-order valence-electron chi connectivity index (χ0n) is 13.2. The predicted molar refractivity (Wildman–Crippen MR) is 96.8 cm³/mol. The Morgan fingerprint density at radius 2 is 1.96 bits per heavy atom. The van der Waals surface area contributed by atoms with E-state index in [2.05, 4.69) is 10.3 Å². The van der Waals surface area contributed by atoms with Gasteiger partial charge in [0.2, 0.25) is 5.91 Å². The van der Waals surface area contributed by atoms with Crippen molar-refractivity contribution >= 4 is 53.5 Å². The molecule has 0 bridgehead atoms. The zero-order chi connectivity index (χ0) is 15.0. The van der Waals surface area contributed by atoms with E-state index in [1.165, 1.54) is 0 Å². The van der Waals surface area contributed by atoms with Gasteiger partial charge in [0.05, 0.1) is 5.54 Å². The normalized spacial score (nSPS) is 15.6. The second kappa shape index (κ2) is 7.38. The van der Waals surface area contributed by atoms with E-state index in [1.54, 1.807) is 4.90 Å². The van der Waals surface area contributed by atoms with Crippen LogP contribution in [0.2, 0.25) is 0 Å². The van der Waals surface area contributed by atoms with Crippen molar-refractivity contribution in [1.82, 2.24) is 4.98 Å². The van der Waals surface area contributed by atoms with Crippen molar-refractivity contribution in [2.45, 2.75) is 31.2 Å². The van der Waals surface area contributed by atoms with Crippen LogP contribution in [0.1, 0.15) is 25.7 Å². The van der Waals surface area contributed by atoms with Crippen LogP contribution in [0, 0.1) is 0 Å². The Morgan fingerprint density at radius 3 is 2.57 bits per heavy atom. The summed E-state index contributed by atoms with van der Waals surface area (Å²) in [6, 6.07) is 5.97. The Balaban J connectivity index is 0.00000132. The van der Waals surface area contributed by atoms with Crippen molar-refractivity contribution in [3.05, 3.63) is 18.2 Å². The highest BCUT2D eigenvalue weighted by Crippen LogP contribution is 2.29. The fraction of sp³-hybridized carbons (Fsp3) is 0.467. The molecule has 3 rings (SSSR count). The summed E-state index contributed by atoms with van der Waals surface area (Å²) < 4.78 is 5.59. The van der Waals surface area contributed by atoms with Crippen molar-refractivity contribution in [2.75, 3.05) is 24.3 Å². The maximum atomic E-state index is 12.3. The highest BCUT2D eigenvalue weighted by Gasteiger charge is 2.36. The number of fused-ring (bicyclic) bond motifs is 1. The van der Waals surface area contributed by atoms with Gasteiger partial charge in [0, 0.05) is 19.8 Å². The summed E-state index contributed by atoms with van der Waals surface area (Å²) in [7, 11) is 3.73. The summed E-state index contributed by atoms with van der Waals surface area (Å²) >= 11 is 0. The molecule has 8 heteroatoms. The molecule has 1 aliphatic carbocycles. The average molecular weight is 361 g/mol. The molecule has 23 heavy (non-hydrogen) atoms. The number of hydrogen-bond donors (Lipinski definition) is 2. The molecule has 0 saturated heterocycles.